The predicted molar refractivity (Wildman–Crippen MR) is 121 cm³/mol. The topological polar surface area (TPSA) is 110 Å². The molecule has 1 atom stereocenters. The van der Waals surface area contributed by atoms with Gasteiger partial charge in [-0.15, -0.1) is 11.8 Å². The van der Waals surface area contributed by atoms with Crippen LogP contribution in [-0.4, -0.2) is 43.8 Å². The predicted octanol–water partition coefficient (Wildman–Crippen LogP) is 4.08. The number of aromatic nitrogens is 2. The third-order valence-electron chi connectivity index (χ3n) is 4.90. The summed E-state index contributed by atoms with van der Waals surface area (Å²) in [5, 5.41) is 18.5. The zero-order chi connectivity index (χ0) is 22.0. The molecular formula is C20H18BrN5O4S. The Morgan fingerprint density at radius 2 is 2.06 bits per heavy atom. The highest BCUT2D eigenvalue weighted by atomic mass is 79.9. The second kappa shape index (κ2) is 9.06. The van der Waals surface area contributed by atoms with Crippen LogP contribution in [0.25, 0.3) is 10.9 Å². The number of hydrogen-bond donors (Lipinski definition) is 1. The normalized spacial score (nSPS) is 16.1. The maximum atomic E-state index is 12.7. The van der Waals surface area contributed by atoms with Gasteiger partial charge >= 0.3 is 6.03 Å². The highest BCUT2D eigenvalue weighted by molar-refractivity contribution is 9.10. The first-order valence-corrected chi connectivity index (χ1v) is 11.3. The number of aryl methyl sites for hydroxylation is 1. The van der Waals surface area contributed by atoms with Gasteiger partial charge in [0.25, 0.3) is 5.69 Å². The molecule has 0 radical (unpaired) electrons. The van der Waals surface area contributed by atoms with E-state index < -0.39 is 11.0 Å². The summed E-state index contributed by atoms with van der Waals surface area (Å²) in [5.74, 6) is 0.0347. The number of nitrogens with one attached hydrogen (secondary N) is 1. The van der Waals surface area contributed by atoms with Crippen molar-refractivity contribution < 1.29 is 14.5 Å². The van der Waals surface area contributed by atoms with Gasteiger partial charge in [-0.05, 0) is 30.2 Å². The molecule has 1 N–H and O–H groups in total. The average molecular weight is 504 g/mol. The standard InChI is InChI=1S/C20H18BrN5O4S/c21-15-5-2-13(3-6-15)19-25(18(27)12-31-19)20(28)22-8-1-9-24-17-10-16(26(29)30)7-4-14(17)11-23-24/h2-7,10-11,19H,1,8-9,12H2,(H,22,28). The van der Waals surface area contributed by atoms with Gasteiger partial charge < -0.3 is 5.32 Å². The minimum Gasteiger partial charge on any atom is -0.338 e. The molecule has 1 aliphatic heterocycles. The number of carbonyl (C=O) groups is 2. The first-order chi connectivity index (χ1) is 14.9. The summed E-state index contributed by atoms with van der Waals surface area (Å²) in [6, 6.07) is 11.7. The third kappa shape index (κ3) is 4.57. The van der Waals surface area contributed by atoms with Crippen LogP contribution < -0.4 is 5.32 Å². The van der Waals surface area contributed by atoms with E-state index in [1.54, 1.807) is 16.9 Å². The average Bonchev–Trinajstić information content (AvgIpc) is 3.34. The zero-order valence-corrected chi connectivity index (χ0v) is 18.6. The number of halogens is 1. The Morgan fingerprint density at radius 1 is 1.29 bits per heavy atom. The Bertz CT molecular complexity index is 1150. The zero-order valence-electron chi connectivity index (χ0n) is 16.2. The van der Waals surface area contributed by atoms with Crippen LogP contribution in [-0.2, 0) is 11.3 Å². The summed E-state index contributed by atoms with van der Waals surface area (Å²) in [6.45, 7) is 0.820. The number of urea groups is 1. The molecule has 0 saturated carbocycles. The van der Waals surface area contributed by atoms with Gasteiger partial charge in [-0.3, -0.25) is 19.6 Å². The third-order valence-corrected chi connectivity index (χ3v) is 6.64. The summed E-state index contributed by atoms with van der Waals surface area (Å²) in [4.78, 5) is 36.8. The molecule has 160 valence electrons. The SMILES string of the molecule is O=C1CSC(c2ccc(Br)cc2)N1C(=O)NCCCn1ncc2ccc([N+](=O)[O-])cc21. The van der Waals surface area contributed by atoms with Crippen molar-refractivity contribution in [1.29, 1.82) is 0 Å². The second-order valence-electron chi connectivity index (χ2n) is 6.93. The number of fused-ring (bicyclic) bond motifs is 1. The van der Waals surface area contributed by atoms with Gasteiger partial charge in [0.1, 0.15) is 5.37 Å². The van der Waals surface area contributed by atoms with Crippen molar-refractivity contribution in [3.63, 3.8) is 0 Å². The first-order valence-electron chi connectivity index (χ1n) is 9.51. The highest BCUT2D eigenvalue weighted by Gasteiger charge is 2.37. The molecule has 1 fully saturated rings. The molecule has 9 nitrogen and oxygen atoms in total. The fourth-order valence-electron chi connectivity index (χ4n) is 3.38. The maximum absolute atomic E-state index is 12.7. The number of rotatable bonds is 6. The summed E-state index contributed by atoms with van der Waals surface area (Å²) < 4.78 is 2.61. The van der Waals surface area contributed by atoms with Crippen molar-refractivity contribution >= 4 is 56.2 Å². The number of nitrogens with zero attached hydrogens (tertiary/aromatic N) is 4. The number of nitro groups is 1. The number of non-ortho nitro benzene ring substituents is 1. The second-order valence-corrected chi connectivity index (χ2v) is 8.92. The Morgan fingerprint density at radius 3 is 2.81 bits per heavy atom. The van der Waals surface area contributed by atoms with E-state index in [1.807, 2.05) is 24.3 Å². The van der Waals surface area contributed by atoms with Crippen molar-refractivity contribution in [2.45, 2.75) is 18.3 Å². The van der Waals surface area contributed by atoms with Crippen molar-refractivity contribution in [3.8, 4) is 0 Å². The van der Waals surface area contributed by atoms with Gasteiger partial charge in [0.15, 0.2) is 0 Å². The van der Waals surface area contributed by atoms with Gasteiger partial charge in [0.05, 0.1) is 22.4 Å². The lowest BCUT2D eigenvalue weighted by molar-refractivity contribution is -0.384. The fourth-order valence-corrected chi connectivity index (χ4v) is 4.79. The van der Waals surface area contributed by atoms with Gasteiger partial charge in [0.2, 0.25) is 5.91 Å². The molecule has 1 unspecified atom stereocenters. The van der Waals surface area contributed by atoms with Crippen LogP contribution in [0.2, 0.25) is 0 Å². The Kier molecular flexibility index (Phi) is 6.23. The van der Waals surface area contributed by atoms with Gasteiger partial charge in [-0.2, -0.15) is 5.10 Å². The molecular weight excluding hydrogens is 486 g/mol. The summed E-state index contributed by atoms with van der Waals surface area (Å²) in [7, 11) is 0. The molecule has 31 heavy (non-hydrogen) atoms. The largest absolute Gasteiger partial charge is 0.338 e. The molecule has 1 saturated heterocycles. The number of imide groups is 1. The van der Waals surface area contributed by atoms with E-state index in [4.69, 9.17) is 0 Å². The van der Waals surface area contributed by atoms with Crippen LogP contribution in [0.15, 0.2) is 53.1 Å². The van der Waals surface area contributed by atoms with Crippen LogP contribution in [0, 0.1) is 10.1 Å². The molecule has 2 heterocycles. The molecule has 3 amide bonds. The van der Waals surface area contributed by atoms with Crippen molar-refractivity contribution in [1.82, 2.24) is 20.0 Å². The number of nitro benzene ring substituents is 1. The highest BCUT2D eigenvalue weighted by Crippen LogP contribution is 2.38. The molecule has 2 aromatic carbocycles. The van der Waals surface area contributed by atoms with Crippen LogP contribution in [0.5, 0.6) is 0 Å². The summed E-state index contributed by atoms with van der Waals surface area (Å²) in [6.07, 6.45) is 2.21. The van der Waals surface area contributed by atoms with Gasteiger partial charge in [0, 0.05) is 35.1 Å². The van der Waals surface area contributed by atoms with Gasteiger partial charge in [-0.25, -0.2) is 9.69 Å². The molecule has 3 aromatic rings. The Balaban J connectivity index is 1.36. The first kappa shape index (κ1) is 21.3. The van der Waals surface area contributed by atoms with Crippen molar-refractivity contribution in [3.05, 3.63) is 68.8 Å². The lowest BCUT2D eigenvalue weighted by atomic mass is 10.2. The number of thioether (sulfide) groups is 1. The van der Waals surface area contributed by atoms with Gasteiger partial charge in [-0.1, -0.05) is 28.1 Å². The monoisotopic (exact) mass is 503 g/mol. The van der Waals surface area contributed by atoms with E-state index in [2.05, 4.69) is 26.3 Å². The number of amides is 3. The lowest BCUT2D eigenvalue weighted by Crippen LogP contribution is -2.42. The number of hydrogen-bond acceptors (Lipinski definition) is 6. The van der Waals surface area contributed by atoms with Crippen LogP contribution >= 0.6 is 27.7 Å². The Hall–Kier alpha value is -2.92. The molecule has 11 heteroatoms. The minimum absolute atomic E-state index is 0.00609. The van der Waals surface area contributed by atoms with Crippen LogP contribution in [0.3, 0.4) is 0 Å². The van der Waals surface area contributed by atoms with Crippen LogP contribution in [0.1, 0.15) is 17.4 Å². The quantitative estimate of drug-likeness (QED) is 0.308. The fraction of sp³-hybridized carbons (Fsp3) is 0.250. The van der Waals surface area contributed by atoms with E-state index >= 15 is 0 Å². The summed E-state index contributed by atoms with van der Waals surface area (Å²) in [5.41, 5.74) is 1.56. The van der Waals surface area contributed by atoms with E-state index in [0.29, 0.717) is 25.0 Å². The number of benzene rings is 2. The molecule has 4 rings (SSSR count). The molecule has 1 aromatic heterocycles. The van der Waals surface area contributed by atoms with E-state index in [9.17, 15) is 19.7 Å². The maximum Gasteiger partial charge on any atom is 0.325 e. The lowest BCUT2D eigenvalue weighted by Gasteiger charge is -2.22. The minimum atomic E-state index is -0.441. The van der Waals surface area contributed by atoms with E-state index in [-0.39, 0.29) is 22.7 Å². The Labute approximate surface area is 190 Å². The molecule has 1 aliphatic rings. The van der Waals surface area contributed by atoms with Crippen LogP contribution in [0.4, 0.5) is 10.5 Å². The summed E-state index contributed by atoms with van der Waals surface area (Å²) >= 11 is 4.81. The van der Waals surface area contributed by atoms with Crippen molar-refractivity contribution in [2.75, 3.05) is 12.3 Å². The van der Waals surface area contributed by atoms with Crippen molar-refractivity contribution in [2.24, 2.45) is 0 Å². The molecule has 0 aliphatic carbocycles. The number of carbonyl (C=O) groups excluding carboxylic acids is 2. The molecule has 0 bridgehead atoms. The smallest absolute Gasteiger partial charge is 0.325 e. The van der Waals surface area contributed by atoms with E-state index in [1.165, 1.54) is 28.8 Å². The molecule has 0 spiro atoms. The van der Waals surface area contributed by atoms with E-state index in [0.717, 1.165) is 15.4 Å².